The van der Waals surface area contributed by atoms with Crippen molar-refractivity contribution in [1.82, 2.24) is 19.5 Å². The summed E-state index contributed by atoms with van der Waals surface area (Å²) in [7, 11) is -3.70. The van der Waals surface area contributed by atoms with Gasteiger partial charge in [-0.25, -0.2) is 15.0 Å². The van der Waals surface area contributed by atoms with Gasteiger partial charge in [0.2, 0.25) is 0 Å². The Kier molecular flexibility index (Phi) is 15.1. The number of pyridine rings is 2. The molecule has 3 aromatic heterocycles. The van der Waals surface area contributed by atoms with Crippen molar-refractivity contribution < 1.29 is 14.5 Å². The lowest BCUT2D eigenvalue weighted by Gasteiger charge is -2.54. The minimum absolute atomic E-state index is 0.149. The first-order valence-corrected chi connectivity index (χ1v) is 22.2. The summed E-state index contributed by atoms with van der Waals surface area (Å²) >= 11 is 0. The summed E-state index contributed by atoms with van der Waals surface area (Å²) in [6.45, 7) is 29.6. The summed E-state index contributed by atoms with van der Waals surface area (Å²) in [4.78, 5) is 13.8. The Morgan fingerprint density at radius 2 is 1.17 bits per heavy atom. The van der Waals surface area contributed by atoms with Crippen LogP contribution in [0.5, 0.6) is 0 Å². The van der Waals surface area contributed by atoms with Gasteiger partial charge in [0.15, 0.2) is 20.5 Å². The van der Waals surface area contributed by atoms with Crippen LogP contribution in [0.1, 0.15) is 127 Å². The Labute approximate surface area is 328 Å². The quantitative estimate of drug-likeness (QED) is 0.0769. The van der Waals surface area contributed by atoms with Crippen LogP contribution in [0, 0.1) is 35.5 Å². The van der Waals surface area contributed by atoms with E-state index in [1.807, 2.05) is 16.7 Å². The van der Waals surface area contributed by atoms with E-state index in [0.29, 0.717) is 70.5 Å². The maximum atomic E-state index is 9.98. The van der Waals surface area contributed by atoms with E-state index in [9.17, 15) is 10.0 Å². The molecule has 0 fully saturated rings. The van der Waals surface area contributed by atoms with E-state index in [2.05, 4.69) is 117 Å². The number of imidazole rings is 1. The van der Waals surface area contributed by atoms with Crippen LogP contribution in [0.15, 0.2) is 54.7 Å². The standard InChI is InChI=1S/C44H70BN5O3Si/c1-29(2)22-43(23-30(3)4,24-31(5)6)54(44(25-32(7)8,26-33(9)10)27-34(11)12)53-28-35-15-17-36(18-16-35)50-41(37-14-13-21-47-40(37)46)48-38-19-20-39(45(51)52)49-42(38)50/h13-21,29-34,51-52,54H,22-28H2,1-12H3,(H2,46,47). The number of nitrogens with zero attached hydrogens (tertiary/aromatic N) is 4. The number of hydrogen-bond donors (Lipinski definition) is 3. The molecule has 0 atom stereocenters. The highest BCUT2D eigenvalue weighted by molar-refractivity contribution is 6.59. The van der Waals surface area contributed by atoms with Crippen LogP contribution in [-0.4, -0.2) is 45.7 Å². The molecule has 10 heteroatoms. The van der Waals surface area contributed by atoms with Crippen LogP contribution in [-0.2, 0) is 11.0 Å². The van der Waals surface area contributed by atoms with Gasteiger partial charge in [-0.05, 0) is 126 Å². The highest BCUT2D eigenvalue weighted by atomic mass is 28.3. The molecule has 8 nitrogen and oxygen atoms in total. The van der Waals surface area contributed by atoms with Crippen molar-refractivity contribution >= 4 is 38.7 Å². The Hall–Kier alpha value is -3.05. The summed E-state index contributed by atoms with van der Waals surface area (Å²) in [6.07, 6.45) is 8.91. The van der Waals surface area contributed by atoms with E-state index in [1.54, 1.807) is 18.3 Å². The summed E-state index contributed by atoms with van der Waals surface area (Å²) in [5.74, 6) is 4.47. The Balaban J connectivity index is 1.86. The van der Waals surface area contributed by atoms with Crippen molar-refractivity contribution in [3.8, 4) is 17.1 Å². The van der Waals surface area contributed by atoms with Gasteiger partial charge in [-0.3, -0.25) is 4.57 Å². The lowest BCUT2D eigenvalue weighted by atomic mass is 9.81. The Bertz CT molecular complexity index is 1680. The van der Waals surface area contributed by atoms with E-state index >= 15 is 0 Å². The highest BCUT2D eigenvalue weighted by Gasteiger charge is 2.54. The van der Waals surface area contributed by atoms with Crippen molar-refractivity contribution in [2.75, 3.05) is 5.73 Å². The molecule has 1 aromatic carbocycles. The number of aromatic nitrogens is 4. The number of hydrogen-bond acceptors (Lipinski definition) is 7. The van der Waals surface area contributed by atoms with Crippen molar-refractivity contribution in [2.24, 2.45) is 35.5 Å². The molecule has 54 heavy (non-hydrogen) atoms. The zero-order valence-electron chi connectivity index (χ0n) is 35.4. The lowest BCUT2D eigenvalue weighted by Crippen LogP contribution is -2.49. The molecule has 0 aliphatic carbocycles. The summed E-state index contributed by atoms with van der Waals surface area (Å²) < 4.78 is 9.67. The van der Waals surface area contributed by atoms with Crippen LogP contribution in [0.25, 0.3) is 28.2 Å². The van der Waals surface area contributed by atoms with Crippen LogP contribution in [0.3, 0.4) is 0 Å². The molecule has 3 heterocycles. The van der Waals surface area contributed by atoms with Gasteiger partial charge in [-0.15, -0.1) is 0 Å². The molecule has 0 bridgehead atoms. The molecule has 0 amide bonds. The number of rotatable bonds is 20. The summed E-state index contributed by atoms with van der Waals surface area (Å²) in [5, 5.41) is 20.3. The van der Waals surface area contributed by atoms with Gasteiger partial charge in [-0.1, -0.05) is 95.2 Å². The Morgan fingerprint density at radius 1 is 0.685 bits per heavy atom. The molecule has 4 rings (SSSR count). The monoisotopic (exact) mass is 756 g/mol. The first-order chi connectivity index (χ1) is 25.4. The molecule has 296 valence electrons. The normalized spacial score (nSPS) is 13.0. The van der Waals surface area contributed by atoms with Crippen LogP contribution in [0.4, 0.5) is 5.82 Å². The third-order valence-electron chi connectivity index (χ3n) is 10.5. The van der Waals surface area contributed by atoms with E-state index in [1.165, 1.54) is 38.5 Å². The predicted molar refractivity (Wildman–Crippen MR) is 230 cm³/mol. The number of nitrogen functional groups attached to an aromatic ring is 1. The van der Waals surface area contributed by atoms with E-state index in [-0.39, 0.29) is 15.7 Å². The maximum absolute atomic E-state index is 9.98. The average Bonchev–Trinajstić information content (AvgIpc) is 3.41. The molecular weight excluding hydrogens is 685 g/mol. The fourth-order valence-corrected chi connectivity index (χ4v) is 16.6. The van der Waals surface area contributed by atoms with Gasteiger partial charge in [0.05, 0.1) is 17.8 Å². The van der Waals surface area contributed by atoms with Gasteiger partial charge >= 0.3 is 7.12 Å². The van der Waals surface area contributed by atoms with E-state index in [0.717, 1.165) is 11.3 Å². The Morgan fingerprint density at radius 3 is 1.59 bits per heavy atom. The number of fused-ring (bicyclic) bond motifs is 1. The second kappa shape index (κ2) is 18.7. The smallest absolute Gasteiger partial charge is 0.422 e. The third-order valence-corrected chi connectivity index (χ3v) is 14.6. The van der Waals surface area contributed by atoms with Gasteiger partial charge < -0.3 is 20.2 Å². The zero-order valence-corrected chi connectivity index (χ0v) is 36.6. The molecule has 0 saturated carbocycles. The largest absolute Gasteiger partial charge is 0.508 e. The second-order valence-electron chi connectivity index (χ2n) is 18.8. The second-order valence-corrected chi connectivity index (χ2v) is 22.4. The fraction of sp³-hybridized carbons (Fsp3) is 0.614. The molecule has 0 spiro atoms. The molecule has 0 aliphatic rings. The fourth-order valence-electron chi connectivity index (χ4n) is 10.1. The molecule has 0 unspecified atom stereocenters. The highest BCUT2D eigenvalue weighted by Crippen LogP contribution is 2.61. The lowest BCUT2D eigenvalue weighted by molar-refractivity contribution is 0.178. The average molecular weight is 756 g/mol. The zero-order chi connectivity index (χ0) is 40.0. The molecule has 0 radical (unpaired) electrons. The van der Waals surface area contributed by atoms with Crippen LogP contribution in [0.2, 0.25) is 10.1 Å². The first kappa shape index (κ1) is 43.7. The molecule has 4 aromatic rings. The van der Waals surface area contributed by atoms with Gasteiger partial charge in [0, 0.05) is 11.9 Å². The molecular formula is C44H70BN5O3Si. The topological polar surface area (TPSA) is 119 Å². The first-order valence-electron chi connectivity index (χ1n) is 20.5. The number of nitrogens with two attached hydrogens (primary N) is 1. The number of benzene rings is 1. The molecule has 0 aliphatic heterocycles. The van der Waals surface area contributed by atoms with Gasteiger partial charge in [-0.2, -0.15) is 0 Å². The van der Waals surface area contributed by atoms with Crippen LogP contribution < -0.4 is 11.3 Å². The van der Waals surface area contributed by atoms with Crippen molar-refractivity contribution in [2.45, 2.75) is 138 Å². The molecule has 0 saturated heterocycles. The van der Waals surface area contributed by atoms with E-state index < -0.39 is 16.2 Å². The SMILES string of the molecule is CC(C)CC(CC(C)C)(CC(C)C)[SiH](OCc1ccc(-n2c(-c3cccnc3N)nc3ccc(B(O)O)nc32)cc1)C(CC(C)C)(CC(C)C)CC(C)C. The van der Waals surface area contributed by atoms with Crippen molar-refractivity contribution in [3.05, 3.63) is 60.3 Å². The minimum Gasteiger partial charge on any atom is -0.422 e. The summed E-state index contributed by atoms with van der Waals surface area (Å²) in [6, 6.07) is 15.6. The minimum atomic E-state index is -2.00. The van der Waals surface area contributed by atoms with Gasteiger partial charge in [0.25, 0.3) is 0 Å². The van der Waals surface area contributed by atoms with Gasteiger partial charge in [0.1, 0.15) is 11.3 Å². The van der Waals surface area contributed by atoms with Crippen molar-refractivity contribution in [3.63, 3.8) is 0 Å². The van der Waals surface area contributed by atoms with Crippen LogP contribution >= 0.6 is 0 Å². The van der Waals surface area contributed by atoms with Crippen molar-refractivity contribution in [1.29, 1.82) is 0 Å². The predicted octanol–water partition coefficient (Wildman–Crippen LogP) is 9.74. The van der Waals surface area contributed by atoms with E-state index in [4.69, 9.17) is 15.1 Å². The summed E-state index contributed by atoms with van der Waals surface area (Å²) in [5.41, 5.74) is 10.3. The number of anilines is 1. The maximum Gasteiger partial charge on any atom is 0.508 e. The molecule has 4 N–H and O–H groups in total. The third kappa shape index (κ3) is 10.8.